The zero-order chi connectivity index (χ0) is 19.3. The first-order valence-electron chi connectivity index (χ1n) is 7.62. The predicted octanol–water partition coefficient (Wildman–Crippen LogP) is 1.71. The third kappa shape index (κ3) is 4.25. The molecule has 0 saturated carbocycles. The van der Waals surface area contributed by atoms with E-state index in [1.54, 1.807) is 19.1 Å². The lowest BCUT2D eigenvalue weighted by molar-refractivity contribution is 0.0594. The number of Topliss-reactive ketones (excluding diaryl/α,β-unsaturated/α-hetero) is 1. The highest BCUT2D eigenvalue weighted by Gasteiger charge is 2.15. The van der Waals surface area contributed by atoms with Gasteiger partial charge in [-0.3, -0.25) is 9.20 Å². The average Bonchev–Trinajstić information content (AvgIpc) is 3.11. The van der Waals surface area contributed by atoms with Crippen molar-refractivity contribution in [2.45, 2.75) is 20.4 Å². The molecule has 3 aromatic rings. The molecular formula is C17H18FN5O3. The normalized spacial score (nSPS) is 10.2. The van der Waals surface area contributed by atoms with Crippen LogP contribution in [0, 0.1) is 12.7 Å². The molecule has 0 aliphatic carbocycles. The van der Waals surface area contributed by atoms with Gasteiger partial charge in [-0.25, -0.2) is 14.2 Å². The number of nitrogens with two attached hydrogens (primary N) is 1. The standard InChI is InChI=1S/C9H8N4O3.C8H10FN/c1-5(14)7-3-6(8(15)16-2)11-9-12-10-4-13(7)9;1-6-4-7(5-10)2-3-8(6)9/h3-4H,1-2H3;2-4H,5,10H2,1H3. The quantitative estimate of drug-likeness (QED) is 0.559. The highest BCUT2D eigenvalue weighted by Crippen LogP contribution is 2.08. The fourth-order valence-corrected chi connectivity index (χ4v) is 2.13. The zero-order valence-corrected chi connectivity index (χ0v) is 14.6. The van der Waals surface area contributed by atoms with Gasteiger partial charge in [-0.15, -0.1) is 10.2 Å². The van der Waals surface area contributed by atoms with Gasteiger partial charge in [0, 0.05) is 13.5 Å². The van der Waals surface area contributed by atoms with Crippen molar-refractivity contribution in [3.05, 3.63) is 58.9 Å². The van der Waals surface area contributed by atoms with E-state index in [2.05, 4.69) is 19.9 Å². The van der Waals surface area contributed by atoms with Crippen LogP contribution < -0.4 is 5.73 Å². The molecule has 0 aliphatic heterocycles. The third-order valence-electron chi connectivity index (χ3n) is 3.50. The smallest absolute Gasteiger partial charge is 0.356 e. The summed E-state index contributed by atoms with van der Waals surface area (Å²) in [5, 5.41) is 7.30. The number of esters is 1. The first kappa shape index (κ1) is 19.1. The average molecular weight is 359 g/mol. The fraction of sp³-hybridized carbons (Fsp3) is 0.235. The van der Waals surface area contributed by atoms with Crippen LogP contribution in [0.2, 0.25) is 0 Å². The summed E-state index contributed by atoms with van der Waals surface area (Å²) in [5.74, 6) is -0.810. The molecule has 2 heterocycles. The molecule has 0 fully saturated rings. The van der Waals surface area contributed by atoms with Gasteiger partial charge >= 0.3 is 5.97 Å². The molecule has 0 spiro atoms. The van der Waals surface area contributed by atoms with Crippen LogP contribution in [0.4, 0.5) is 4.39 Å². The molecule has 136 valence electrons. The molecule has 9 heteroatoms. The SMILES string of the molecule is COC(=O)c1cc(C(C)=O)n2cnnc2n1.Cc1cc(CN)ccc1F. The maximum Gasteiger partial charge on any atom is 0.356 e. The molecule has 0 saturated heterocycles. The number of nitrogens with zero attached hydrogens (tertiary/aromatic N) is 4. The number of fused-ring (bicyclic) bond motifs is 1. The summed E-state index contributed by atoms with van der Waals surface area (Å²) in [4.78, 5) is 26.6. The summed E-state index contributed by atoms with van der Waals surface area (Å²) in [6.07, 6.45) is 1.36. The molecule has 8 nitrogen and oxygen atoms in total. The Labute approximate surface area is 148 Å². The van der Waals surface area contributed by atoms with E-state index in [0.29, 0.717) is 12.1 Å². The lowest BCUT2D eigenvalue weighted by atomic mass is 10.1. The number of hydrogen-bond donors (Lipinski definition) is 1. The van der Waals surface area contributed by atoms with Crippen LogP contribution in [-0.4, -0.2) is 38.4 Å². The summed E-state index contributed by atoms with van der Waals surface area (Å²) >= 11 is 0. The van der Waals surface area contributed by atoms with E-state index in [9.17, 15) is 14.0 Å². The summed E-state index contributed by atoms with van der Waals surface area (Å²) in [5.41, 5.74) is 7.30. The molecule has 0 amide bonds. The minimum absolute atomic E-state index is 0.0354. The Balaban J connectivity index is 0.000000209. The number of methoxy groups -OCH3 is 1. The van der Waals surface area contributed by atoms with Crippen LogP contribution in [0.15, 0.2) is 30.6 Å². The Morgan fingerprint density at radius 1 is 1.31 bits per heavy atom. The van der Waals surface area contributed by atoms with E-state index in [0.717, 1.165) is 5.56 Å². The Kier molecular flexibility index (Phi) is 6.07. The van der Waals surface area contributed by atoms with Gasteiger partial charge in [0.2, 0.25) is 0 Å². The van der Waals surface area contributed by atoms with Gasteiger partial charge < -0.3 is 10.5 Å². The molecule has 26 heavy (non-hydrogen) atoms. The van der Waals surface area contributed by atoms with Crippen LogP contribution in [0.1, 0.15) is 39.0 Å². The van der Waals surface area contributed by atoms with Crippen molar-refractivity contribution in [2.75, 3.05) is 7.11 Å². The van der Waals surface area contributed by atoms with Crippen LogP contribution in [0.5, 0.6) is 0 Å². The minimum atomic E-state index is -0.618. The maximum atomic E-state index is 12.6. The van der Waals surface area contributed by atoms with E-state index in [-0.39, 0.29) is 28.8 Å². The number of carbonyl (C=O) groups is 2. The van der Waals surface area contributed by atoms with Crippen LogP contribution >= 0.6 is 0 Å². The second-order valence-electron chi connectivity index (χ2n) is 5.36. The largest absolute Gasteiger partial charge is 0.464 e. The van der Waals surface area contributed by atoms with Crippen molar-refractivity contribution in [1.29, 1.82) is 0 Å². The van der Waals surface area contributed by atoms with Crippen LogP contribution in [0.25, 0.3) is 5.78 Å². The first-order chi connectivity index (χ1) is 12.4. The molecule has 0 unspecified atom stereocenters. The number of ketones is 1. The van der Waals surface area contributed by atoms with E-state index < -0.39 is 5.97 Å². The van der Waals surface area contributed by atoms with Gasteiger partial charge in [0.1, 0.15) is 12.1 Å². The third-order valence-corrected chi connectivity index (χ3v) is 3.50. The Hall–Kier alpha value is -3.20. The number of aromatic nitrogens is 4. The molecule has 0 atom stereocenters. The zero-order valence-electron chi connectivity index (χ0n) is 14.6. The summed E-state index contributed by atoms with van der Waals surface area (Å²) in [6, 6.07) is 6.25. The fourth-order valence-electron chi connectivity index (χ4n) is 2.13. The van der Waals surface area contributed by atoms with Crippen LogP contribution in [0.3, 0.4) is 0 Å². The van der Waals surface area contributed by atoms with E-state index in [4.69, 9.17) is 5.73 Å². The Morgan fingerprint density at radius 2 is 2.04 bits per heavy atom. The summed E-state index contributed by atoms with van der Waals surface area (Å²) in [6.45, 7) is 3.59. The van der Waals surface area contributed by atoms with E-state index in [1.807, 2.05) is 0 Å². The topological polar surface area (TPSA) is 112 Å². The molecular weight excluding hydrogens is 341 g/mol. The number of halogens is 1. The van der Waals surface area contributed by atoms with Gasteiger partial charge in [0.15, 0.2) is 11.5 Å². The molecule has 0 radical (unpaired) electrons. The van der Waals surface area contributed by atoms with Crippen molar-refractivity contribution in [3.63, 3.8) is 0 Å². The lowest BCUT2D eigenvalue weighted by Gasteiger charge is -2.03. The molecule has 2 N–H and O–H groups in total. The number of hydrogen-bond acceptors (Lipinski definition) is 7. The van der Waals surface area contributed by atoms with Gasteiger partial charge in [0.25, 0.3) is 5.78 Å². The molecule has 0 bridgehead atoms. The van der Waals surface area contributed by atoms with Crippen molar-refractivity contribution in [1.82, 2.24) is 19.6 Å². The van der Waals surface area contributed by atoms with Crippen molar-refractivity contribution >= 4 is 17.5 Å². The summed E-state index contributed by atoms with van der Waals surface area (Å²) in [7, 11) is 1.24. The molecule has 1 aromatic carbocycles. The monoisotopic (exact) mass is 359 g/mol. The Bertz CT molecular complexity index is 955. The molecule has 2 aromatic heterocycles. The van der Waals surface area contributed by atoms with E-state index >= 15 is 0 Å². The summed E-state index contributed by atoms with van der Waals surface area (Å²) < 4.78 is 18.5. The van der Waals surface area contributed by atoms with E-state index in [1.165, 1.54) is 36.9 Å². The second kappa shape index (κ2) is 8.26. The van der Waals surface area contributed by atoms with Gasteiger partial charge in [0.05, 0.1) is 12.8 Å². The maximum absolute atomic E-state index is 12.6. The second-order valence-corrected chi connectivity index (χ2v) is 5.36. The number of aryl methyl sites for hydroxylation is 1. The predicted molar refractivity (Wildman–Crippen MR) is 91.2 cm³/mol. The number of ether oxygens (including phenoxy) is 1. The van der Waals surface area contributed by atoms with Crippen LogP contribution in [-0.2, 0) is 11.3 Å². The number of rotatable bonds is 3. The van der Waals surface area contributed by atoms with Gasteiger partial charge in [-0.05, 0) is 30.2 Å². The molecule has 3 rings (SSSR count). The minimum Gasteiger partial charge on any atom is -0.464 e. The highest BCUT2D eigenvalue weighted by molar-refractivity contribution is 5.96. The van der Waals surface area contributed by atoms with Crippen molar-refractivity contribution in [2.24, 2.45) is 5.73 Å². The van der Waals surface area contributed by atoms with Gasteiger partial charge in [-0.1, -0.05) is 12.1 Å². The van der Waals surface area contributed by atoms with Crippen molar-refractivity contribution < 1.29 is 18.7 Å². The Morgan fingerprint density at radius 3 is 2.62 bits per heavy atom. The lowest BCUT2D eigenvalue weighted by Crippen LogP contribution is -2.11. The van der Waals surface area contributed by atoms with Crippen molar-refractivity contribution in [3.8, 4) is 0 Å². The van der Waals surface area contributed by atoms with Gasteiger partial charge in [-0.2, -0.15) is 0 Å². The number of benzene rings is 1. The first-order valence-corrected chi connectivity index (χ1v) is 7.62. The number of carbonyl (C=O) groups excluding carboxylic acids is 2. The molecule has 0 aliphatic rings. The highest BCUT2D eigenvalue weighted by atomic mass is 19.1.